The molecule has 1 N–H and O–H groups in total. The number of rotatable bonds is 3. The number of hydrogen-bond acceptors (Lipinski definition) is 3. The van der Waals surface area contributed by atoms with E-state index < -0.39 is 39.9 Å². The number of amides is 1. The van der Waals surface area contributed by atoms with Crippen LogP contribution in [-0.4, -0.2) is 44.2 Å². The summed E-state index contributed by atoms with van der Waals surface area (Å²) in [6.07, 6.45) is -4.14. The lowest BCUT2D eigenvalue weighted by molar-refractivity contribution is -0.170. The van der Waals surface area contributed by atoms with Gasteiger partial charge < -0.3 is 5.32 Å². The van der Waals surface area contributed by atoms with E-state index in [1.807, 2.05) is 0 Å². The van der Waals surface area contributed by atoms with Crippen molar-refractivity contribution in [3.05, 3.63) is 0 Å². The molecule has 1 heterocycles. The van der Waals surface area contributed by atoms with E-state index in [1.54, 1.807) is 5.32 Å². The minimum absolute atomic E-state index is 0.0343. The lowest BCUT2D eigenvalue weighted by atomic mass is 10.2. The van der Waals surface area contributed by atoms with E-state index in [0.29, 0.717) is 0 Å². The zero-order chi connectivity index (χ0) is 12.6. The van der Waals surface area contributed by atoms with E-state index in [4.69, 9.17) is 0 Å². The molecular weight excluding hydrogens is 254 g/mol. The summed E-state index contributed by atoms with van der Waals surface area (Å²) in [5, 5.41) is 1.61. The van der Waals surface area contributed by atoms with Gasteiger partial charge in [0.2, 0.25) is 0 Å². The zero-order valence-electron chi connectivity index (χ0n) is 7.92. The molecule has 1 aliphatic rings. The zero-order valence-corrected chi connectivity index (χ0v) is 8.74. The first-order valence-electron chi connectivity index (χ1n) is 4.32. The second-order valence-electron chi connectivity index (χ2n) is 3.50. The summed E-state index contributed by atoms with van der Waals surface area (Å²) in [6, 6.07) is -1.01. The molecule has 0 aromatic rings. The van der Waals surface area contributed by atoms with Crippen LogP contribution in [0.1, 0.15) is 6.42 Å². The topological polar surface area (TPSA) is 63.2 Å². The molecule has 1 unspecified atom stereocenters. The molecule has 16 heavy (non-hydrogen) atoms. The summed E-state index contributed by atoms with van der Waals surface area (Å²) in [4.78, 5) is 10.7. The number of halogens is 4. The van der Waals surface area contributed by atoms with E-state index in [0.717, 1.165) is 0 Å². The van der Waals surface area contributed by atoms with Crippen molar-refractivity contribution >= 4 is 15.7 Å². The highest BCUT2D eigenvalue weighted by molar-refractivity contribution is 7.91. The summed E-state index contributed by atoms with van der Waals surface area (Å²) >= 11 is 0. The lowest BCUT2D eigenvalue weighted by Gasteiger charge is -2.17. The Labute approximate surface area is 88.9 Å². The molecule has 1 rings (SSSR count). The standard InChI is InChI=1S/C7H9F4NO3S/c8-5(9)7(10,11)6(13)12-4-1-2-16(14,15)3-4/h4-5H,1-3H2,(H,12,13). The normalized spacial score (nSPS) is 24.7. The third-order valence-electron chi connectivity index (χ3n) is 2.14. The third-order valence-corrected chi connectivity index (χ3v) is 3.91. The maximum absolute atomic E-state index is 12.5. The van der Waals surface area contributed by atoms with Crippen LogP contribution >= 0.6 is 0 Å². The number of alkyl halides is 4. The van der Waals surface area contributed by atoms with E-state index in [1.165, 1.54) is 0 Å². The molecule has 0 spiro atoms. The smallest absolute Gasteiger partial charge is 0.347 e. The Morgan fingerprint density at radius 2 is 1.94 bits per heavy atom. The lowest BCUT2D eigenvalue weighted by Crippen LogP contribution is -2.49. The van der Waals surface area contributed by atoms with Crippen molar-refractivity contribution in [1.29, 1.82) is 0 Å². The summed E-state index contributed by atoms with van der Waals surface area (Å²) in [5.41, 5.74) is 0. The molecule has 1 atom stereocenters. The van der Waals surface area contributed by atoms with Crippen LogP contribution in [-0.2, 0) is 14.6 Å². The molecule has 1 fully saturated rings. The second-order valence-corrected chi connectivity index (χ2v) is 5.73. The van der Waals surface area contributed by atoms with Crippen molar-refractivity contribution in [3.8, 4) is 0 Å². The fourth-order valence-corrected chi connectivity index (χ4v) is 2.96. The maximum atomic E-state index is 12.5. The highest BCUT2D eigenvalue weighted by Gasteiger charge is 2.49. The molecule has 0 aromatic heterocycles. The van der Waals surface area contributed by atoms with Crippen LogP contribution in [0.25, 0.3) is 0 Å². The van der Waals surface area contributed by atoms with Crippen molar-refractivity contribution in [3.63, 3.8) is 0 Å². The monoisotopic (exact) mass is 263 g/mol. The minimum atomic E-state index is -4.79. The Balaban J connectivity index is 2.60. The van der Waals surface area contributed by atoms with Crippen molar-refractivity contribution in [2.24, 2.45) is 0 Å². The molecule has 0 bridgehead atoms. The highest BCUT2D eigenvalue weighted by Crippen LogP contribution is 2.23. The van der Waals surface area contributed by atoms with E-state index in [2.05, 4.69) is 0 Å². The number of nitrogens with one attached hydrogen (secondary N) is 1. The van der Waals surface area contributed by atoms with E-state index >= 15 is 0 Å². The van der Waals surface area contributed by atoms with Crippen molar-refractivity contribution in [1.82, 2.24) is 5.32 Å². The van der Waals surface area contributed by atoms with Gasteiger partial charge in [0.05, 0.1) is 11.5 Å². The summed E-state index contributed by atoms with van der Waals surface area (Å²) < 4.78 is 70.3. The Hall–Kier alpha value is -0.860. The molecule has 0 aromatic carbocycles. The molecule has 0 saturated carbocycles. The quantitative estimate of drug-likeness (QED) is 0.739. The third kappa shape index (κ3) is 2.83. The Morgan fingerprint density at radius 3 is 2.31 bits per heavy atom. The van der Waals surface area contributed by atoms with E-state index in [-0.39, 0.29) is 12.2 Å². The van der Waals surface area contributed by atoms with Crippen molar-refractivity contribution in [2.75, 3.05) is 11.5 Å². The van der Waals surface area contributed by atoms with Gasteiger partial charge >= 0.3 is 12.3 Å². The summed E-state index contributed by atoms with van der Waals surface area (Å²) in [5.74, 6) is -7.65. The van der Waals surface area contributed by atoms with Gasteiger partial charge in [-0.3, -0.25) is 4.79 Å². The SMILES string of the molecule is O=C(NC1CCS(=O)(=O)C1)C(F)(F)C(F)F. The van der Waals surface area contributed by atoms with Gasteiger partial charge in [0.25, 0.3) is 5.91 Å². The fraction of sp³-hybridized carbons (Fsp3) is 0.857. The van der Waals surface area contributed by atoms with Crippen LogP contribution in [0.15, 0.2) is 0 Å². The largest absolute Gasteiger partial charge is 0.383 e. The molecule has 94 valence electrons. The predicted octanol–water partition coefficient (Wildman–Crippen LogP) is 0.190. The first-order valence-corrected chi connectivity index (χ1v) is 6.14. The van der Waals surface area contributed by atoms with Crippen LogP contribution in [0, 0.1) is 0 Å². The van der Waals surface area contributed by atoms with Gasteiger partial charge in [-0.25, -0.2) is 17.2 Å². The van der Waals surface area contributed by atoms with Gasteiger partial charge in [0.1, 0.15) is 0 Å². The minimum Gasteiger partial charge on any atom is -0.347 e. The fourth-order valence-electron chi connectivity index (χ4n) is 1.29. The van der Waals surface area contributed by atoms with Gasteiger partial charge in [-0.15, -0.1) is 0 Å². The molecule has 1 aliphatic heterocycles. The number of hydrogen-bond donors (Lipinski definition) is 1. The number of carbonyl (C=O) groups is 1. The highest BCUT2D eigenvalue weighted by atomic mass is 32.2. The molecule has 1 amide bonds. The van der Waals surface area contributed by atoms with Crippen LogP contribution in [0.3, 0.4) is 0 Å². The van der Waals surface area contributed by atoms with Gasteiger partial charge in [0, 0.05) is 6.04 Å². The van der Waals surface area contributed by atoms with Crippen molar-refractivity contribution in [2.45, 2.75) is 24.8 Å². The second kappa shape index (κ2) is 4.19. The van der Waals surface area contributed by atoms with Gasteiger partial charge in [-0.1, -0.05) is 0 Å². The number of carbonyl (C=O) groups excluding carboxylic acids is 1. The first-order chi connectivity index (χ1) is 7.15. The molecule has 0 aliphatic carbocycles. The van der Waals surface area contributed by atoms with E-state index in [9.17, 15) is 30.8 Å². The van der Waals surface area contributed by atoms with Gasteiger partial charge in [-0.05, 0) is 6.42 Å². The summed E-state index contributed by atoms with van der Waals surface area (Å²) in [6.45, 7) is 0. The maximum Gasteiger partial charge on any atom is 0.383 e. The summed E-state index contributed by atoms with van der Waals surface area (Å²) in [7, 11) is -3.35. The Morgan fingerprint density at radius 1 is 1.38 bits per heavy atom. The van der Waals surface area contributed by atoms with Crippen LogP contribution < -0.4 is 5.32 Å². The van der Waals surface area contributed by atoms with Crippen LogP contribution in [0.2, 0.25) is 0 Å². The molecule has 4 nitrogen and oxygen atoms in total. The molecule has 1 saturated heterocycles. The first kappa shape index (κ1) is 13.2. The average molecular weight is 263 g/mol. The molecular formula is C7H9F4NO3S. The average Bonchev–Trinajstić information content (AvgIpc) is 2.45. The van der Waals surface area contributed by atoms with Gasteiger partial charge in [-0.2, -0.15) is 8.78 Å². The Kier molecular flexibility index (Phi) is 3.46. The van der Waals surface area contributed by atoms with Gasteiger partial charge in [0.15, 0.2) is 9.84 Å². The molecule has 9 heteroatoms. The van der Waals surface area contributed by atoms with Crippen LogP contribution in [0.5, 0.6) is 0 Å². The van der Waals surface area contributed by atoms with Crippen molar-refractivity contribution < 1.29 is 30.8 Å². The molecule has 0 radical (unpaired) electrons. The Bertz CT molecular complexity index is 381. The predicted molar refractivity (Wildman–Crippen MR) is 46.2 cm³/mol. The number of sulfone groups is 1. The van der Waals surface area contributed by atoms with Crippen LogP contribution in [0.4, 0.5) is 17.6 Å².